The lowest BCUT2D eigenvalue weighted by molar-refractivity contribution is 0.102. The van der Waals surface area contributed by atoms with E-state index in [1.165, 1.54) is 12.3 Å². The molecule has 9 heteroatoms. The summed E-state index contributed by atoms with van der Waals surface area (Å²) in [5.41, 5.74) is 1.81. The Labute approximate surface area is 190 Å². The van der Waals surface area contributed by atoms with E-state index in [1.807, 2.05) is 30.3 Å². The highest BCUT2D eigenvalue weighted by Crippen LogP contribution is 2.25. The average Bonchev–Trinajstić information content (AvgIpc) is 2.78. The normalized spacial score (nSPS) is 11.3. The summed E-state index contributed by atoms with van der Waals surface area (Å²) in [4.78, 5) is 27.2. The van der Waals surface area contributed by atoms with E-state index in [2.05, 4.69) is 15.6 Å². The summed E-state index contributed by atoms with van der Waals surface area (Å²) in [7, 11) is 0. The van der Waals surface area contributed by atoms with Gasteiger partial charge in [0.05, 0.1) is 22.9 Å². The maximum atomic E-state index is 12.5. The van der Waals surface area contributed by atoms with Gasteiger partial charge in [-0.3, -0.25) is 4.79 Å². The number of carboxylic acid groups (broad SMARTS) is 1. The Bertz CT molecular complexity index is 1060. The highest BCUT2D eigenvalue weighted by Gasteiger charge is 2.12. The van der Waals surface area contributed by atoms with Crippen LogP contribution in [0.5, 0.6) is 11.6 Å². The van der Waals surface area contributed by atoms with E-state index < -0.39 is 12.1 Å². The molecule has 0 unspecified atom stereocenters. The Kier molecular flexibility index (Phi) is 7.88. The molecule has 0 aliphatic rings. The monoisotopic (exact) mass is 455 g/mol. The first-order chi connectivity index (χ1) is 15.4. The second kappa shape index (κ2) is 11.0. The van der Waals surface area contributed by atoms with Crippen LogP contribution in [0.25, 0.3) is 0 Å². The molecule has 0 aliphatic heterocycles. The molecule has 8 nitrogen and oxygen atoms in total. The first-order valence-electron chi connectivity index (χ1n) is 9.76. The zero-order chi connectivity index (χ0) is 22.9. The van der Waals surface area contributed by atoms with Crippen molar-refractivity contribution in [2.75, 3.05) is 11.9 Å². The van der Waals surface area contributed by atoms with E-state index in [0.29, 0.717) is 23.6 Å². The van der Waals surface area contributed by atoms with Crippen molar-refractivity contribution in [3.63, 3.8) is 0 Å². The molecule has 0 radical (unpaired) electrons. The number of hydrogen-bond donors (Lipinski definition) is 3. The number of nitrogens with one attached hydrogen (secondary N) is 2. The van der Waals surface area contributed by atoms with Gasteiger partial charge >= 0.3 is 6.09 Å². The molecular weight excluding hydrogens is 434 g/mol. The second-order valence-corrected chi connectivity index (χ2v) is 7.32. The SMILES string of the molecule is C[C@@H](COc1cc(Cl)c(NC(=O)c2ccc(OCc3ccccc3)cc2)cn1)NC(=O)O. The number of rotatable bonds is 9. The van der Waals surface area contributed by atoms with E-state index >= 15 is 0 Å². The molecule has 3 aromatic rings. The summed E-state index contributed by atoms with van der Waals surface area (Å²) in [6, 6.07) is 17.6. The molecule has 0 fully saturated rings. The molecule has 0 saturated heterocycles. The molecule has 1 aromatic heterocycles. The van der Waals surface area contributed by atoms with Crippen molar-refractivity contribution in [3.05, 3.63) is 83.0 Å². The lowest BCUT2D eigenvalue weighted by Gasteiger charge is -2.13. The predicted octanol–water partition coefficient (Wildman–Crippen LogP) is 4.60. The van der Waals surface area contributed by atoms with Crippen molar-refractivity contribution in [3.8, 4) is 11.6 Å². The molecule has 3 N–H and O–H groups in total. The minimum Gasteiger partial charge on any atom is -0.489 e. The Hall–Kier alpha value is -3.78. The summed E-state index contributed by atoms with van der Waals surface area (Å²) >= 11 is 6.22. The van der Waals surface area contributed by atoms with Crippen LogP contribution in [-0.2, 0) is 6.61 Å². The summed E-state index contributed by atoms with van der Waals surface area (Å²) in [5, 5.41) is 13.9. The highest BCUT2D eigenvalue weighted by molar-refractivity contribution is 6.34. The number of halogens is 1. The first kappa shape index (κ1) is 22.9. The van der Waals surface area contributed by atoms with Crippen molar-refractivity contribution in [2.24, 2.45) is 0 Å². The smallest absolute Gasteiger partial charge is 0.404 e. The average molecular weight is 456 g/mol. The molecule has 1 heterocycles. The van der Waals surface area contributed by atoms with Crippen LogP contribution in [-0.4, -0.2) is 34.7 Å². The molecule has 3 rings (SSSR count). The number of amides is 2. The van der Waals surface area contributed by atoms with Crippen LogP contribution in [0.3, 0.4) is 0 Å². The van der Waals surface area contributed by atoms with Gasteiger partial charge < -0.3 is 25.2 Å². The molecule has 0 saturated carbocycles. The second-order valence-electron chi connectivity index (χ2n) is 6.92. The minimum absolute atomic E-state index is 0.0834. The number of nitrogens with zero attached hydrogens (tertiary/aromatic N) is 1. The number of hydrogen-bond acceptors (Lipinski definition) is 5. The summed E-state index contributed by atoms with van der Waals surface area (Å²) in [6.45, 7) is 2.18. The molecule has 2 amide bonds. The third-order valence-corrected chi connectivity index (χ3v) is 4.61. The van der Waals surface area contributed by atoms with Gasteiger partial charge in [-0.2, -0.15) is 0 Å². The molecule has 1 atom stereocenters. The van der Waals surface area contributed by atoms with Gasteiger partial charge in [-0.05, 0) is 36.8 Å². The van der Waals surface area contributed by atoms with Crippen LogP contribution in [0, 0.1) is 0 Å². The van der Waals surface area contributed by atoms with Gasteiger partial charge in [0, 0.05) is 11.6 Å². The van der Waals surface area contributed by atoms with E-state index in [4.69, 9.17) is 26.2 Å². The predicted molar refractivity (Wildman–Crippen MR) is 121 cm³/mol. The standard InChI is InChI=1S/C23H22ClN3O5/c1-15(26-23(29)30)13-32-21-11-19(24)20(12-25-21)27-22(28)17-7-9-18(10-8-17)31-14-16-5-3-2-4-6-16/h2-12,15,26H,13-14H2,1H3,(H,27,28)(H,29,30)/t15-/m0/s1. The lowest BCUT2D eigenvalue weighted by Crippen LogP contribution is -2.35. The topological polar surface area (TPSA) is 110 Å². The van der Waals surface area contributed by atoms with Crippen LogP contribution < -0.4 is 20.1 Å². The van der Waals surface area contributed by atoms with E-state index in [9.17, 15) is 9.59 Å². The van der Waals surface area contributed by atoms with Crippen LogP contribution in [0.4, 0.5) is 10.5 Å². The van der Waals surface area contributed by atoms with E-state index in [1.54, 1.807) is 31.2 Å². The van der Waals surface area contributed by atoms with Crippen molar-refractivity contribution in [1.82, 2.24) is 10.3 Å². The number of aromatic nitrogens is 1. The molecule has 0 aliphatic carbocycles. The summed E-state index contributed by atoms with van der Waals surface area (Å²) in [6.07, 6.45) is 0.239. The van der Waals surface area contributed by atoms with Gasteiger partial charge in [0.25, 0.3) is 5.91 Å². The molecule has 0 bridgehead atoms. The van der Waals surface area contributed by atoms with Crippen LogP contribution >= 0.6 is 11.6 Å². The van der Waals surface area contributed by atoms with Gasteiger partial charge in [0.1, 0.15) is 19.0 Å². The Morgan fingerprint density at radius 2 is 1.81 bits per heavy atom. The Balaban J connectivity index is 1.54. The maximum Gasteiger partial charge on any atom is 0.404 e. The molecule has 32 heavy (non-hydrogen) atoms. The highest BCUT2D eigenvalue weighted by atomic mass is 35.5. The van der Waals surface area contributed by atoms with Gasteiger partial charge in [-0.25, -0.2) is 9.78 Å². The van der Waals surface area contributed by atoms with Crippen molar-refractivity contribution >= 4 is 29.3 Å². The molecule has 0 spiro atoms. The first-order valence-corrected chi connectivity index (χ1v) is 10.1. The van der Waals surface area contributed by atoms with Crippen LogP contribution in [0.15, 0.2) is 66.9 Å². The fourth-order valence-corrected chi connectivity index (χ4v) is 2.87. The lowest BCUT2D eigenvalue weighted by atomic mass is 10.2. The molecule has 166 valence electrons. The van der Waals surface area contributed by atoms with Crippen molar-refractivity contribution in [2.45, 2.75) is 19.6 Å². The van der Waals surface area contributed by atoms with E-state index in [-0.39, 0.29) is 23.4 Å². The quantitative estimate of drug-likeness (QED) is 0.435. The Morgan fingerprint density at radius 1 is 1.09 bits per heavy atom. The van der Waals surface area contributed by atoms with Gasteiger partial charge in [0.15, 0.2) is 0 Å². The summed E-state index contributed by atoms with van der Waals surface area (Å²) < 4.78 is 11.1. The third-order valence-electron chi connectivity index (χ3n) is 4.29. The number of ether oxygens (including phenoxy) is 2. The van der Waals surface area contributed by atoms with Crippen LogP contribution in [0.2, 0.25) is 5.02 Å². The minimum atomic E-state index is -1.14. The zero-order valence-electron chi connectivity index (χ0n) is 17.2. The zero-order valence-corrected chi connectivity index (χ0v) is 18.0. The number of carbonyl (C=O) groups excluding carboxylic acids is 1. The molecule has 2 aromatic carbocycles. The number of carbonyl (C=O) groups is 2. The van der Waals surface area contributed by atoms with Gasteiger partial charge in [0.2, 0.25) is 5.88 Å². The van der Waals surface area contributed by atoms with Crippen molar-refractivity contribution < 1.29 is 24.2 Å². The third kappa shape index (κ3) is 6.88. The summed E-state index contributed by atoms with van der Waals surface area (Å²) in [5.74, 6) is 0.515. The largest absolute Gasteiger partial charge is 0.489 e. The van der Waals surface area contributed by atoms with Gasteiger partial charge in [-0.15, -0.1) is 0 Å². The van der Waals surface area contributed by atoms with E-state index in [0.717, 1.165) is 5.56 Å². The number of benzene rings is 2. The maximum absolute atomic E-state index is 12.5. The fraction of sp³-hybridized carbons (Fsp3) is 0.174. The fourth-order valence-electron chi connectivity index (χ4n) is 2.68. The van der Waals surface area contributed by atoms with Crippen molar-refractivity contribution in [1.29, 1.82) is 0 Å². The molecular formula is C23H22ClN3O5. The van der Waals surface area contributed by atoms with Gasteiger partial charge in [-0.1, -0.05) is 41.9 Å². The van der Waals surface area contributed by atoms with Crippen LogP contribution in [0.1, 0.15) is 22.8 Å². The number of pyridine rings is 1. The Morgan fingerprint density at radius 3 is 2.47 bits per heavy atom. The number of anilines is 1.